The van der Waals surface area contributed by atoms with Crippen LogP contribution in [0.2, 0.25) is 0 Å². The van der Waals surface area contributed by atoms with E-state index in [1.165, 1.54) is 30.5 Å². The van der Waals surface area contributed by atoms with Gasteiger partial charge in [0, 0.05) is 32.1 Å². The van der Waals surface area contributed by atoms with Crippen LogP contribution < -0.4 is 9.64 Å². The average Bonchev–Trinajstić information content (AvgIpc) is 2.88. The smallest absolute Gasteiger partial charge is 0.146 e. The molecule has 0 radical (unpaired) electrons. The molecule has 180 valence electrons. The highest BCUT2D eigenvalue weighted by molar-refractivity contribution is 5.91. The molecule has 1 aliphatic heterocycles. The first kappa shape index (κ1) is 25.6. The zero-order chi connectivity index (χ0) is 22.4. The number of carbonyl (C=O) groups excluding carboxylic acids is 1. The molecular weight excluding hydrogens is 432 g/mol. The number of para-hydroxylation sites is 2. The number of ether oxygens (including phenoxy) is 1. The van der Waals surface area contributed by atoms with Gasteiger partial charge in [0.1, 0.15) is 11.5 Å². The maximum Gasteiger partial charge on any atom is 0.146 e. The van der Waals surface area contributed by atoms with Gasteiger partial charge in [0.15, 0.2) is 0 Å². The number of carbonyl (C=O) groups is 1. The van der Waals surface area contributed by atoms with Gasteiger partial charge in [-0.2, -0.15) is 0 Å². The number of halogens is 1. The normalized spacial score (nSPS) is 19.4. The van der Waals surface area contributed by atoms with Crippen LogP contribution in [0, 0.1) is 5.92 Å². The third kappa shape index (κ3) is 5.91. The van der Waals surface area contributed by atoms with Crippen LogP contribution in [0.15, 0.2) is 54.6 Å². The maximum atomic E-state index is 13.8. The summed E-state index contributed by atoms with van der Waals surface area (Å²) in [6.07, 6.45) is 6.71. The Hall–Kier alpha value is -2.04. The minimum absolute atomic E-state index is 0. The number of anilines is 1. The lowest BCUT2D eigenvalue weighted by Crippen LogP contribution is -2.48. The van der Waals surface area contributed by atoms with Gasteiger partial charge in [0.25, 0.3) is 0 Å². The molecule has 1 aliphatic carbocycles. The zero-order valence-electron chi connectivity index (χ0n) is 20.2. The van der Waals surface area contributed by atoms with Gasteiger partial charge in [-0.15, -0.1) is 12.4 Å². The number of Topliss-reactive ketones (excluding diaryl/α,β-unsaturated/α-hetero) is 1. The summed E-state index contributed by atoms with van der Waals surface area (Å²) in [5.74, 6) is 1.64. The van der Waals surface area contributed by atoms with E-state index in [0.29, 0.717) is 5.78 Å². The number of rotatable bonds is 8. The summed E-state index contributed by atoms with van der Waals surface area (Å²) in [7, 11) is 1.74. The number of nitrogens with zero attached hydrogens (tertiary/aromatic N) is 2. The number of hydrogen-bond acceptors (Lipinski definition) is 4. The molecule has 1 atom stereocenters. The third-order valence-corrected chi connectivity index (χ3v) is 7.66. The molecule has 0 N–H and O–H groups in total. The van der Waals surface area contributed by atoms with Gasteiger partial charge in [-0.25, -0.2) is 0 Å². The lowest BCUT2D eigenvalue weighted by atomic mass is 9.69. The third-order valence-electron chi connectivity index (χ3n) is 7.66. The molecule has 0 amide bonds. The van der Waals surface area contributed by atoms with Crippen molar-refractivity contribution in [1.82, 2.24) is 4.90 Å². The number of methoxy groups -OCH3 is 1. The highest BCUT2D eigenvalue weighted by atomic mass is 35.5. The molecule has 1 saturated heterocycles. The van der Waals surface area contributed by atoms with E-state index in [1.54, 1.807) is 7.11 Å². The molecule has 0 aromatic heterocycles. The van der Waals surface area contributed by atoms with Crippen LogP contribution in [0.1, 0.15) is 51.0 Å². The summed E-state index contributed by atoms with van der Waals surface area (Å²) < 4.78 is 5.56. The molecule has 4 nitrogen and oxygen atoms in total. The van der Waals surface area contributed by atoms with Crippen molar-refractivity contribution in [1.29, 1.82) is 0 Å². The molecule has 0 bridgehead atoms. The zero-order valence-corrected chi connectivity index (χ0v) is 21.0. The molecule has 2 fully saturated rings. The molecular formula is C28H39ClN2O2. The van der Waals surface area contributed by atoms with Crippen molar-refractivity contribution in [3.05, 3.63) is 60.2 Å². The average molecular weight is 471 g/mol. The highest BCUT2D eigenvalue weighted by Crippen LogP contribution is 2.37. The SMILES string of the molecule is COc1ccccc1N1CCN(CC[C@](C)(C(=O)C2CCCCC2)c2ccccc2)CC1.Cl. The fraction of sp³-hybridized carbons (Fsp3) is 0.536. The first-order chi connectivity index (χ1) is 15.6. The van der Waals surface area contributed by atoms with E-state index in [-0.39, 0.29) is 18.3 Å². The molecule has 2 aromatic rings. The fourth-order valence-corrected chi connectivity index (χ4v) is 5.52. The number of benzene rings is 2. The summed E-state index contributed by atoms with van der Waals surface area (Å²) >= 11 is 0. The first-order valence-electron chi connectivity index (χ1n) is 12.3. The lowest BCUT2D eigenvalue weighted by Gasteiger charge is -2.39. The Morgan fingerprint density at radius 1 is 0.939 bits per heavy atom. The fourth-order valence-electron chi connectivity index (χ4n) is 5.52. The van der Waals surface area contributed by atoms with Gasteiger partial charge in [-0.05, 0) is 50.4 Å². The monoisotopic (exact) mass is 470 g/mol. The predicted molar refractivity (Wildman–Crippen MR) is 139 cm³/mol. The Morgan fingerprint density at radius 2 is 1.58 bits per heavy atom. The van der Waals surface area contributed by atoms with Crippen LogP contribution in [0.25, 0.3) is 0 Å². The quantitative estimate of drug-likeness (QED) is 0.492. The summed E-state index contributed by atoms with van der Waals surface area (Å²) in [4.78, 5) is 18.7. The molecule has 2 aliphatic rings. The van der Waals surface area contributed by atoms with E-state index in [4.69, 9.17) is 4.74 Å². The van der Waals surface area contributed by atoms with Crippen molar-refractivity contribution >= 4 is 23.9 Å². The number of ketones is 1. The van der Waals surface area contributed by atoms with Crippen molar-refractivity contribution in [2.75, 3.05) is 44.7 Å². The first-order valence-corrected chi connectivity index (χ1v) is 12.3. The maximum absolute atomic E-state index is 13.8. The van der Waals surface area contributed by atoms with Crippen LogP contribution in [-0.2, 0) is 10.2 Å². The second-order valence-electron chi connectivity index (χ2n) is 9.65. The summed E-state index contributed by atoms with van der Waals surface area (Å²) in [5.41, 5.74) is 1.96. The van der Waals surface area contributed by atoms with Crippen molar-refractivity contribution in [3.8, 4) is 5.75 Å². The van der Waals surface area contributed by atoms with E-state index >= 15 is 0 Å². The molecule has 1 saturated carbocycles. The molecule has 33 heavy (non-hydrogen) atoms. The van der Waals surface area contributed by atoms with Gasteiger partial charge in [-0.1, -0.05) is 61.7 Å². The van der Waals surface area contributed by atoms with E-state index in [1.807, 2.05) is 18.2 Å². The Bertz CT molecular complexity index is 876. The predicted octanol–water partition coefficient (Wildman–Crippen LogP) is 5.74. The van der Waals surface area contributed by atoms with Gasteiger partial charge >= 0.3 is 0 Å². The van der Waals surface area contributed by atoms with Crippen LogP contribution in [-0.4, -0.2) is 50.5 Å². The van der Waals surface area contributed by atoms with Gasteiger partial charge in [0.05, 0.1) is 18.2 Å². The van der Waals surface area contributed by atoms with Crippen molar-refractivity contribution < 1.29 is 9.53 Å². The van der Waals surface area contributed by atoms with Crippen molar-refractivity contribution in [3.63, 3.8) is 0 Å². The largest absolute Gasteiger partial charge is 0.495 e. The van der Waals surface area contributed by atoms with Gasteiger partial charge in [-0.3, -0.25) is 9.69 Å². The molecule has 4 rings (SSSR count). The molecule has 5 heteroatoms. The Morgan fingerprint density at radius 3 is 2.24 bits per heavy atom. The lowest BCUT2D eigenvalue weighted by molar-refractivity contribution is -0.129. The van der Waals surface area contributed by atoms with Crippen molar-refractivity contribution in [2.24, 2.45) is 5.92 Å². The molecule has 1 heterocycles. The molecule has 0 spiro atoms. The summed E-state index contributed by atoms with van der Waals surface area (Å²) in [6, 6.07) is 18.8. The van der Waals surface area contributed by atoms with Gasteiger partial charge < -0.3 is 9.64 Å². The molecule has 2 aromatic carbocycles. The Kier molecular flexibility index (Phi) is 9.22. The number of hydrogen-bond donors (Lipinski definition) is 0. The van der Waals surface area contributed by atoms with Crippen LogP contribution in [0.4, 0.5) is 5.69 Å². The van der Waals surface area contributed by atoms with E-state index in [0.717, 1.165) is 57.7 Å². The highest BCUT2D eigenvalue weighted by Gasteiger charge is 2.39. The Labute approximate surface area is 205 Å². The number of piperazine rings is 1. The standard InChI is InChI=1S/C28H38N2O2.ClH/c1-28(24-13-7-4-8-14-24,27(31)23-11-5-3-6-12-23)17-18-29-19-21-30(22-20-29)25-15-9-10-16-26(25)32-2;/h4,7-10,13-16,23H,3,5-6,11-12,17-22H2,1-2H3;1H/t28-;/m0./s1. The van der Waals surface area contributed by atoms with Crippen LogP contribution >= 0.6 is 12.4 Å². The topological polar surface area (TPSA) is 32.8 Å². The molecule has 0 unspecified atom stereocenters. The van der Waals surface area contributed by atoms with Crippen molar-refractivity contribution in [2.45, 2.75) is 50.9 Å². The summed E-state index contributed by atoms with van der Waals surface area (Å²) in [5, 5.41) is 0. The second-order valence-corrected chi connectivity index (χ2v) is 9.65. The minimum atomic E-state index is -0.400. The van der Waals surface area contributed by atoms with E-state index in [9.17, 15) is 4.79 Å². The van der Waals surface area contributed by atoms with Gasteiger partial charge in [0.2, 0.25) is 0 Å². The minimum Gasteiger partial charge on any atom is -0.495 e. The van der Waals surface area contributed by atoms with E-state index < -0.39 is 5.41 Å². The van der Waals surface area contributed by atoms with Crippen LogP contribution in [0.3, 0.4) is 0 Å². The Balaban J connectivity index is 0.00000306. The van der Waals surface area contributed by atoms with Crippen LogP contribution in [0.5, 0.6) is 5.75 Å². The summed E-state index contributed by atoms with van der Waals surface area (Å²) in [6.45, 7) is 7.16. The van der Waals surface area contributed by atoms with E-state index in [2.05, 4.69) is 53.1 Å². The second kappa shape index (κ2) is 11.9.